The number of nitrogens with zero attached hydrogens (tertiary/aromatic N) is 2. The summed E-state index contributed by atoms with van der Waals surface area (Å²) in [7, 11) is 0. The van der Waals surface area contributed by atoms with E-state index in [1.165, 1.54) is 29.3 Å². The van der Waals surface area contributed by atoms with E-state index in [0.717, 1.165) is 5.69 Å². The van der Waals surface area contributed by atoms with Crippen LogP contribution in [0.15, 0.2) is 0 Å². The highest BCUT2D eigenvalue weighted by Gasteiger charge is 2.29. The van der Waals surface area contributed by atoms with E-state index in [2.05, 4.69) is 9.59 Å². The monoisotopic (exact) mass is 205 g/mol. The van der Waals surface area contributed by atoms with E-state index in [0.29, 0.717) is 5.92 Å². The quantitative estimate of drug-likeness (QED) is 0.802. The van der Waals surface area contributed by atoms with E-state index in [1.807, 2.05) is 6.92 Å². The summed E-state index contributed by atoms with van der Waals surface area (Å²) in [4.78, 5) is 1.17. The van der Waals surface area contributed by atoms with Crippen molar-refractivity contribution in [2.24, 2.45) is 5.73 Å². The SMILES string of the molecule is CC(N)c1snnc1C1CC1.Cl. The largest absolute Gasteiger partial charge is 0.323 e. The maximum atomic E-state index is 5.75. The maximum Gasteiger partial charge on any atom is 0.0834 e. The van der Waals surface area contributed by atoms with Crippen LogP contribution in [0.5, 0.6) is 0 Å². The number of rotatable bonds is 2. The fourth-order valence-electron chi connectivity index (χ4n) is 1.16. The smallest absolute Gasteiger partial charge is 0.0834 e. The van der Waals surface area contributed by atoms with Gasteiger partial charge in [0.15, 0.2) is 0 Å². The van der Waals surface area contributed by atoms with Crippen molar-refractivity contribution in [1.29, 1.82) is 0 Å². The molecule has 5 heteroatoms. The summed E-state index contributed by atoms with van der Waals surface area (Å²) in [6.07, 6.45) is 2.54. The first-order valence-electron chi connectivity index (χ1n) is 3.86. The van der Waals surface area contributed by atoms with Crippen LogP contribution in [0.4, 0.5) is 0 Å². The summed E-state index contributed by atoms with van der Waals surface area (Å²) in [5.41, 5.74) is 6.91. The molecule has 12 heavy (non-hydrogen) atoms. The Morgan fingerprint density at radius 1 is 1.58 bits per heavy atom. The minimum absolute atomic E-state index is 0. The molecule has 0 amide bonds. The van der Waals surface area contributed by atoms with Crippen LogP contribution < -0.4 is 5.73 Å². The minimum Gasteiger partial charge on any atom is -0.323 e. The highest BCUT2D eigenvalue weighted by molar-refractivity contribution is 7.05. The molecule has 0 spiro atoms. The maximum absolute atomic E-state index is 5.75. The second kappa shape index (κ2) is 3.68. The van der Waals surface area contributed by atoms with Crippen molar-refractivity contribution < 1.29 is 0 Å². The van der Waals surface area contributed by atoms with Crippen LogP contribution in [0.1, 0.15) is 42.3 Å². The normalized spacial score (nSPS) is 18.5. The topological polar surface area (TPSA) is 51.8 Å². The van der Waals surface area contributed by atoms with Gasteiger partial charge < -0.3 is 5.73 Å². The van der Waals surface area contributed by atoms with Crippen molar-refractivity contribution in [2.45, 2.75) is 31.7 Å². The zero-order chi connectivity index (χ0) is 7.84. The van der Waals surface area contributed by atoms with Gasteiger partial charge in [-0.25, -0.2) is 0 Å². The molecule has 1 heterocycles. The zero-order valence-electron chi connectivity index (χ0n) is 6.86. The first kappa shape index (κ1) is 9.89. The van der Waals surface area contributed by atoms with Crippen molar-refractivity contribution in [2.75, 3.05) is 0 Å². The average Bonchev–Trinajstić information content (AvgIpc) is 2.68. The fourth-order valence-corrected chi connectivity index (χ4v) is 1.84. The van der Waals surface area contributed by atoms with Crippen molar-refractivity contribution in [3.8, 4) is 0 Å². The van der Waals surface area contributed by atoms with Crippen molar-refractivity contribution in [3.63, 3.8) is 0 Å². The summed E-state index contributed by atoms with van der Waals surface area (Å²) in [5, 5.41) is 4.09. The van der Waals surface area contributed by atoms with Gasteiger partial charge in [0.1, 0.15) is 0 Å². The minimum atomic E-state index is 0. The molecule has 3 nitrogen and oxygen atoms in total. The molecule has 68 valence electrons. The fraction of sp³-hybridized carbons (Fsp3) is 0.714. The molecule has 1 aliphatic rings. The molecule has 1 saturated carbocycles. The Hall–Kier alpha value is -0.190. The lowest BCUT2D eigenvalue weighted by atomic mass is 10.2. The molecule has 2 rings (SSSR count). The third-order valence-electron chi connectivity index (χ3n) is 1.92. The zero-order valence-corrected chi connectivity index (χ0v) is 8.49. The Kier molecular flexibility index (Phi) is 3.04. The Morgan fingerprint density at radius 3 is 2.75 bits per heavy atom. The Labute approximate surface area is 81.9 Å². The lowest BCUT2D eigenvalue weighted by Crippen LogP contribution is -2.05. The van der Waals surface area contributed by atoms with Gasteiger partial charge in [0.25, 0.3) is 0 Å². The summed E-state index contributed by atoms with van der Waals surface area (Å²) >= 11 is 1.44. The molecule has 1 unspecified atom stereocenters. The summed E-state index contributed by atoms with van der Waals surface area (Å²) in [6, 6.07) is 0.102. The van der Waals surface area contributed by atoms with Gasteiger partial charge in [-0.05, 0) is 31.3 Å². The lowest BCUT2D eigenvalue weighted by molar-refractivity contribution is 0.807. The molecule has 0 aliphatic heterocycles. The first-order chi connectivity index (χ1) is 5.29. The van der Waals surface area contributed by atoms with E-state index < -0.39 is 0 Å². The van der Waals surface area contributed by atoms with E-state index in [4.69, 9.17) is 5.73 Å². The van der Waals surface area contributed by atoms with Gasteiger partial charge in [-0.1, -0.05) is 4.49 Å². The molecule has 1 fully saturated rings. The number of nitrogens with two attached hydrogens (primary N) is 1. The first-order valence-corrected chi connectivity index (χ1v) is 4.64. The van der Waals surface area contributed by atoms with Gasteiger partial charge in [-0.3, -0.25) is 0 Å². The Balaban J connectivity index is 0.000000720. The van der Waals surface area contributed by atoms with Crippen molar-refractivity contribution >= 4 is 23.9 Å². The van der Waals surface area contributed by atoms with Crippen LogP contribution in [0.25, 0.3) is 0 Å². The molecule has 1 aromatic heterocycles. The van der Waals surface area contributed by atoms with Crippen LogP contribution in [-0.2, 0) is 0 Å². The van der Waals surface area contributed by atoms with Gasteiger partial charge in [0, 0.05) is 12.0 Å². The van der Waals surface area contributed by atoms with Crippen LogP contribution >= 0.6 is 23.9 Å². The van der Waals surface area contributed by atoms with Crippen LogP contribution in [-0.4, -0.2) is 9.59 Å². The molecule has 0 bridgehead atoms. The van der Waals surface area contributed by atoms with E-state index >= 15 is 0 Å². The van der Waals surface area contributed by atoms with Gasteiger partial charge in [-0.2, -0.15) is 0 Å². The number of hydrogen-bond donors (Lipinski definition) is 1. The van der Waals surface area contributed by atoms with E-state index in [1.54, 1.807) is 0 Å². The van der Waals surface area contributed by atoms with Gasteiger partial charge >= 0.3 is 0 Å². The molecule has 0 radical (unpaired) electrons. The molecule has 1 aromatic rings. The second-order valence-electron chi connectivity index (χ2n) is 3.09. The van der Waals surface area contributed by atoms with Gasteiger partial charge in [0.2, 0.25) is 0 Å². The Bertz CT molecular complexity index is 240. The molecular weight excluding hydrogens is 194 g/mol. The highest BCUT2D eigenvalue weighted by Crippen LogP contribution is 2.42. The lowest BCUT2D eigenvalue weighted by Gasteiger charge is -2.01. The molecule has 2 N–H and O–H groups in total. The van der Waals surface area contributed by atoms with Crippen LogP contribution in [0, 0.1) is 0 Å². The Morgan fingerprint density at radius 2 is 2.25 bits per heavy atom. The molecule has 0 aromatic carbocycles. The van der Waals surface area contributed by atoms with Crippen molar-refractivity contribution in [1.82, 2.24) is 9.59 Å². The van der Waals surface area contributed by atoms with Crippen molar-refractivity contribution in [3.05, 3.63) is 10.6 Å². The average molecular weight is 206 g/mol. The summed E-state index contributed by atoms with van der Waals surface area (Å²) < 4.78 is 3.92. The number of hydrogen-bond acceptors (Lipinski definition) is 4. The van der Waals surface area contributed by atoms with E-state index in [-0.39, 0.29) is 18.4 Å². The predicted molar refractivity (Wildman–Crippen MR) is 51.7 cm³/mol. The molecular formula is C7H12ClN3S. The molecule has 0 saturated heterocycles. The predicted octanol–water partition coefficient (Wildman–Crippen LogP) is 1.86. The van der Waals surface area contributed by atoms with Gasteiger partial charge in [-0.15, -0.1) is 17.5 Å². The second-order valence-corrected chi connectivity index (χ2v) is 3.87. The summed E-state index contributed by atoms with van der Waals surface area (Å²) in [5.74, 6) is 0.676. The third-order valence-corrected chi connectivity index (χ3v) is 2.86. The highest BCUT2D eigenvalue weighted by atomic mass is 35.5. The van der Waals surface area contributed by atoms with Crippen LogP contribution in [0.2, 0.25) is 0 Å². The van der Waals surface area contributed by atoms with Gasteiger partial charge in [0.05, 0.1) is 10.6 Å². The molecule has 1 atom stereocenters. The summed E-state index contributed by atoms with van der Waals surface area (Å²) in [6.45, 7) is 1.99. The standard InChI is InChI=1S/C7H11N3S.ClH/c1-4(8)7-6(5-2-3-5)9-10-11-7;/h4-5H,2-3,8H2,1H3;1H. The number of aromatic nitrogens is 2. The van der Waals surface area contributed by atoms with Crippen LogP contribution in [0.3, 0.4) is 0 Å². The van der Waals surface area contributed by atoms with E-state index in [9.17, 15) is 0 Å². The molecule has 1 aliphatic carbocycles. The number of halogens is 1. The third kappa shape index (κ3) is 1.76.